The highest BCUT2D eigenvalue weighted by atomic mass is 32.2. The van der Waals surface area contributed by atoms with E-state index >= 15 is 0 Å². The summed E-state index contributed by atoms with van der Waals surface area (Å²) in [5, 5.41) is 13.2. The Morgan fingerprint density at radius 3 is 2.63 bits per heavy atom. The lowest BCUT2D eigenvalue weighted by Crippen LogP contribution is -2.42. The first kappa shape index (κ1) is 21.7. The van der Waals surface area contributed by atoms with Crippen molar-refractivity contribution in [3.63, 3.8) is 0 Å². The highest BCUT2D eigenvalue weighted by molar-refractivity contribution is 7.91. The molecule has 3 rings (SSSR count). The summed E-state index contributed by atoms with van der Waals surface area (Å²) >= 11 is 0.873. The summed E-state index contributed by atoms with van der Waals surface area (Å²) in [4.78, 5) is 23.7. The lowest BCUT2D eigenvalue weighted by atomic mass is 10.1. The molecule has 9 nitrogen and oxygen atoms in total. The van der Waals surface area contributed by atoms with E-state index in [1.807, 2.05) is 0 Å². The van der Waals surface area contributed by atoms with Crippen LogP contribution in [0.5, 0.6) is 0 Å². The van der Waals surface area contributed by atoms with Crippen molar-refractivity contribution in [3.8, 4) is 10.6 Å². The Bertz CT molecular complexity index is 1140. The van der Waals surface area contributed by atoms with Crippen LogP contribution in [0.25, 0.3) is 10.6 Å². The minimum Gasteiger partial charge on any atom is -0.480 e. The van der Waals surface area contributed by atoms with Gasteiger partial charge in [-0.05, 0) is 31.0 Å². The molecule has 3 aromatic rings. The van der Waals surface area contributed by atoms with E-state index < -0.39 is 28.0 Å². The third-order valence-corrected chi connectivity index (χ3v) is 7.03. The maximum atomic E-state index is 12.7. The summed E-state index contributed by atoms with van der Waals surface area (Å²) in [6.45, 7) is 1.83. The van der Waals surface area contributed by atoms with E-state index in [2.05, 4.69) is 9.88 Å². The second kappa shape index (κ2) is 9.20. The number of carboxylic acids is 1. The fourth-order valence-electron chi connectivity index (χ4n) is 2.57. The van der Waals surface area contributed by atoms with E-state index in [1.165, 1.54) is 18.2 Å². The van der Waals surface area contributed by atoms with Crippen molar-refractivity contribution in [2.24, 2.45) is 0 Å². The van der Waals surface area contributed by atoms with Gasteiger partial charge in [0.15, 0.2) is 0 Å². The zero-order valence-electron chi connectivity index (χ0n) is 15.8. The molecule has 1 aromatic carbocycles. The van der Waals surface area contributed by atoms with Crippen LogP contribution in [0.2, 0.25) is 0 Å². The van der Waals surface area contributed by atoms with Crippen molar-refractivity contribution in [1.82, 2.24) is 9.88 Å². The number of sulfonamides is 1. The van der Waals surface area contributed by atoms with Gasteiger partial charge in [-0.2, -0.15) is 4.72 Å². The molecule has 0 fully saturated rings. The first-order chi connectivity index (χ1) is 14.3. The van der Waals surface area contributed by atoms with E-state index in [4.69, 9.17) is 9.26 Å². The maximum Gasteiger partial charge on any atom is 0.377 e. The number of carbonyl (C=O) groups excluding carboxylic acids is 1. The number of rotatable bonds is 9. The van der Waals surface area contributed by atoms with Crippen molar-refractivity contribution in [2.45, 2.75) is 23.6 Å². The predicted octanol–water partition coefficient (Wildman–Crippen LogP) is 2.55. The summed E-state index contributed by atoms with van der Waals surface area (Å²) in [6.07, 6.45) is -0.000177. The van der Waals surface area contributed by atoms with Crippen LogP contribution in [0, 0.1) is 0 Å². The molecular formula is C19H18N2O7S2. The molecule has 11 heteroatoms. The molecule has 158 valence electrons. The zero-order chi connectivity index (χ0) is 21.7. The van der Waals surface area contributed by atoms with Crippen LogP contribution in [0.3, 0.4) is 0 Å². The second-order valence-corrected chi connectivity index (χ2v) is 9.14. The van der Waals surface area contributed by atoms with Gasteiger partial charge in [-0.3, -0.25) is 4.79 Å². The third kappa shape index (κ3) is 5.12. The van der Waals surface area contributed by atoms with Crippen molar-refractivity contribution >= 4 is 33.3 Å². The number of ether oxygens (including phenoxy) is 1. The highest BCUT2D eigenvalue weighted by Gasteiger charge is 2.27. The Kier molecular flexibility index (Phi) is 6.65. The van der Waals surface area contributed by atoms with E-state index in [1.54, 1.807) is 37.3 Å². The fraction of sp³-hybridized carbons (Fsp3) is 0.211. The number of carboxylic acid groups (broad SMARTS) is 1. The predicted molar refractivity (Wildman–Crippen MR) is 108 cm³/mol. The molecule has 2 N–H and O–H groups in total. The number of aliphatic carboxylic acids is 1. The fourth-order valence-corrected chi connectivity index (χ4v) is 5.03. The van der Waals surface area contributed by atoms with Crippen LogP contribution in [-0.4, -0.2) is 43.3 Å². The summed E-state index contributed by atoms with van der Waals surface area (Å²) < 4.78 is 37.3. The quantitative estimate of drug-likeness (QED) is 0.475. The summed E-state index contributed by atoms with van der Waals surface area (Å²) in [5.74, 6) is -2.06. The topological polar surface area (TPSA) is 136 Å². The van der Waals surface area contributed by atoms with Gasteiger partial charge in [0, 0.05) is 6.07 Å². The number of aromatic nitrogens is 1. The van der Waals surface area contributed by atoms with Crippen LogP contribution in [0.15, 0.2) is 57.3 Å². The summed E-state index contributed by atoms with van der Waals surface area (Å²) in [6, 6.07) is 11.6. The van der Waals surface area contributed by atoms with Crippen LogP contribution in [-0.2, 0) is 26.0 Å². The van der Waals surface area contributed by atoms with Crippen molar-refractivity contribution in [1.29, 1.82) is 0 Å². The minimum atomic E-state index is -4.09. The summed E-state index contributed by atoms with van der Waals surface area (Å²) in [5.41, 5.74) is 0.956. The van der Waals surface area contributed by atoms with Gasteiger partial charge in [0.2, 0.25) is 5.76 Å². The lowest BCUT2D eigenvalue weighted by Gasteiger charge is -2.14. The molecule has 0 bridgehead atoms. The Morgan fingerprint density at radius 1 is 1.23 bits per heavy atom. The Hall–Kier alpha value is -3.02. The Labute approximate surface area is 176 Å². The molecule has 0 aliphatic carbocycles. The number of nitrogens with one attached hydrogen (secondary N) is 1. The number of esters is 1. The molecule has 30 heavy (non-hydrogen) atoms. The number of hydrogen-bond acceptors (Lipinski definition) is 8. The molecule has 0 aliphatic rings. The minimum absolute atomic E-state index is 0.000177. The van der Waals surface area contributed by atoms with Crippen LogP contribution < -0.4 is 4.72 Å². The molecule has 0 saturated carbocycles. The maximum absolute atomic E-state index is 12.7. The van der Waals surface area contributed by atoms with Gasteiger partial charge in [0.25, 0.3) is 10.0 Å². The smallest absolute Gasteiger partial charge is 0.377 e. The molecule has 0 spiro atoms. The normalized spacial score (nSPS) is 12.4. The molecule has 2 aromatic heterocycles. The van der Waals surface area contributed by atoms with Crippen molar-refractivity contribution in [2.75, 3.05) is 6.61 Å². The second-order valence-electron chi connectivity index (χ2n) is 6.12. The first-order valence-corrected chi connectivity index (χ1v) is 11.1. The standard InChI is InChI=1S/C19H18N2O7S2/c1-2-27-19(24)15-11-13(20-28-15)16-8-9-17(29-16)30(25,26)21-14(18(22)23)10-12-6-4-3-5-7-12/h3-9,11,14,21H,2,10H2,1H3,(H,22,23). The molecule has 2 heterocycles. The van der Waals surface area contributed by atoms with Crippen LogP contribution in [0.1, 0.15) is 23.0 Å². The van der Waals surface area contributed by atoms with Gasteiger partial charge in [0.1, 0.15) is 15.9 Å². The van der Waals surface area contributed by atoms with E-state index in [-0.39, 0.29) is 28.7 Å². The SMILES string of the molecule is CCOC(=O)c1cc(-c2ccc(S(=O)(=O)NC(Cc3ccccc3)C(=O)O)s2)no1. The average Bonchev–Trinajstić information content (AvgIpc) is 3.38. The van der Waals surface area contributed by atoms with Gasteiger partial charge < -0.3 is 14.4 Å². The van der Waals surface area contributed by atoms with Gasteiger partial charge in [0.05, 0.1) is 11.5 Å². The van der Waals surface area contributed by atoms with E-state index in [0.29, 0.717) is 10.4 Å². The first-order valence-electron chi connectivity index (χ1n) is 8.83. The van der Waals surface area contributed by atoms with Crippen molar-refractivity contribution in [3.05, 3.63) is 59.9 Å². The third-order valence-electron chi connectivity index (χ3n) is 3.96. The molecule has 0 radical (unpaired) electrons. The molecule has 0 aliphatic heterocycles. The molecule has 0 amide bonds. The highest BCUT2D eigenvalue weighted by Crippen LogP contribution is 2.30. The Balaban J connectivity index is 1.77. The number of hydrogen-bond donors (Lipinski definition) is 2. The van der Waals surface area contributed by atoms with E-state index in [9.17, 15) is 23.1 Å². The summed E-state index contributed by atoms with van der Waals surface area (Å²) in [7, 11) is -4.09. The molecule has 0 saturated heterocycles. The van der Waals surface area contributed by atoms with Gasteiger partial charge in [-0.25, -0.2) is 13.2 Å². The average molecular weight is 450 g/mol. The van der Waals surface area contributed by atoms with Crippen LogP contribution in [0.4, 0.5) is 0 Å². The molecular weight excluding hydrogens is 432 g/mol. The van der Waals surface area contributed by atoms with Gasteiger partial charge >= 0.3 is 11.9 Å². The number of benzene rings is 1. The zero-order valence-corrected chi connectivity index (χ0v) is 17.4. The van der Waals surface area contributed by atoms with E-state index in [0.717, 1.165) is 11.3 Å². The lowest BCUT2D eigenvalue weighted by molar-refractivity contribution is -0.138. The number of nitrogens with zero attached hydrogens (tertiary/aromatic N) is 1. The van der Waals surface area contributed by atoms with Gasteiger partial charge in [-0.1, -0.05) is 35.5 Å². The monoisotopic (exact) mass is 450 g/mol. The van der Waals surface area contributed by atoms with Gasteiger partial charge in [-0.15, -0.1) is 11.3 Å². The Morgan fingerprint density at radius 2 is 1.97 bits per heavy atom. The molecule has 1 atom stereocenters. The largest absolute Gasteiger partial charge is 0.480 e. The number of carbonyl (C=O) groups is 2. The number of thiophene rings is 1. The van der Waals surface area contributed by atoms with Crippen LogP contribution >= 0.6 is 11.3 Å². The molecule has 1 unspecified atom stereocenters. The van der Waals surface area contributed by atoms with Crippen molar-refractivity contribution < 1.29 is 32.4 Å².